The van der Waals surface area contributed by atoms with E-state index in [1.54, 1.807) is 6.92 Å². The van der Waals surface area contributed by atoms with E-state index in [1.165, 1.54) is 0 Å². The molecule has 1 N–H and O–H groups in total. The van der Waals surface area contributed by atoms with Crippen LogP contribution in [0.25, 0.3) is 0 Å². The molecule has 1 saturated heterocycles. The number of aliphatic hydroxyl groups excluding tert-OH is 1. The SMILES string of the molecule is CC(O)CN(CC=O)CC1COC2(CCC(C(C)(C)C)CC2)O1. The van der Waals surface area contributed by atoms with Crippen LogP contribution in [0.4, 0.5) is 0 Å². The molecule has 1 saturated carbocycles. The fourth-order valence-electron chi connectivity index (χ4n) is 3.88. The highest BCUT2D eigenvalue weighted by Crippen LogP contribution is 2.45. The van der Waals surface area contributed by atoms with Gasteiger partial charge in [-0.25, -0.2) is 0 Å². The van der Waals surface area contributed by atoms with Gasteiger partial charge >= 0.3 is 0 Å². The average Bonchev–Trinajstić information content (AvgIpc) is 2.80. The van der Waals surface area contributed by atoms with Gasteiger partial charge in [-0.1, -0.05) is 20.8 Å². The summed E-state index contributed by atoms with van der Waals surface area (Å²) in [4.78, 5) is 12.7. The van der Waals surface area contributed by atoms with E-state index in [2.05, 4.69) is 20.8 Å². The molecule has 0 aromatic heterocycles. The number of aliphatic hydroxyl groups is 1. The second kappa shape index (κ2) is 7.60. The highest BCUT2D eigenvalue weighted by molar-refractivity contribution is 5.51. The maximum absolute atomic E-state index is 10.8. The summed E-state index contributed by atoms with van der Waals surface area (Å²) in [5.74, 6) is 0.311. The number of nitrogens with zero attached hydrogens (tertiary/aromatic N) is 1. The molecular weight excluding hydrogens is 294 g/mol. The molecule has 2 aliphatic rings. The first kappa shape index (κ1) is 18.8. The van der Waals surface area contributed by atoms with Crippen LogP contribution in [0.15, 0.2) is 0 Å². The number of carbonyl (C=O) groups is 1. The Labute approximate surface area is 140 Å². The van der Waals surface area contributed by atoms with Gasteiger partial charge in [-0.15, -0.1) is 0 Å². The van der Waals surface area contributed by atoms with Gasteiger partial charge in [-0.3, -0.25) is 4.90 Å². The standard InChI is InChI=1S/C18H33NO4/c1-14(21)11-19(9-10-20)12-16-13-22-18(23-16)7-5-15(6-8-18)17(2,3)4/h10,14-16,21H,5-9,11-13H2,1-4H3. The number of rotatable bonds is 6. The number of carbonyl (C=O) groups excluding carboxylic acids is 1. The molecule has 134 valence electrons. The van der Waals surface area contributed by atoms with Crippen molar-refractivity contribution in [3.8, 4) is 0 Å². The van der Waals surface area contributed by atoms with Crippen molar-refractivity contribution in [1.82, 2.24) is 4.90 Å². The lowest BCUT2D eigenvalue weighted by Gasteiger charge is -2.41. The first-order chi connectivity index (χ1) is 10.7. The Kier molecular flexibility index (Phi) is 6.22. The van der Waals surface area contributed by atoms with E-state index in [1.807, 2.05) is 4.90 Å². The highest BCUT2D eigenvalue weighted by Gasteiger charge is 2.46. The van der Waals surface area contributed by atoms with Gasteiger partial charge in [0.05, 0.1) is 25.4 Å². The second-order valence-corrected chi connectivity index (χ2v) is 8.34. The quantitative estimate of drug-likeness (QED) is 0.758. The van der Waals surface area contributed by atoms with E-state index in [4.69, 9.17) is 9.47 Å². The summed E-state index contributed by atoms with van der Waals surface area (Å²) in [5.41, 5.74) is 0.345. The van der Waals surface area contributed by atoms with Gasteiger partial charge in [0.2, 0.25) is 0 Å². The Hall–Kier alpha value is -0.490. The molecule has 23 heavy (non-hydrogen) atoms. The largest absolute Gasteiger partial charge is 0.392 e. The summed E-state index contributed by atoms with van der Waals surface area (Å²) < 4.78 is 12.3. The van der Waals surface area contributed by atoms with Gasteiger partial charge in [0.25, 0.3) is 0 Å². The summed E-state index contributed by atoms with van der Waals surface area (Å²) >= 11 is 0. The minimum Gasteiger partial charge on any atom is -0.392 e. The van der Waals surface area contributed by atoms with Gasteiger partial charge in [-0.2, -0.15) is 0 Å². The summed E-state index contributed by atoms with van der Waals surface area (Å²) in [6, 6.07) is 0. The van der Waals surface area contributed by atoms with E-state index < -0.39 is 11.9 Å². The van der Waals surface area contributed by atoms with Crippen LogP contribution in [0.2, 0.25) is 0 Å². The van der Waals surface area contributed by atoms with Crippen molar-refractivity contribution in [3.63, 3.8) is 0 Å². The zero-order valence-electron chi connectivity index (χ0n) is 15.1. The summed E-state index contributed by atoms with van der Waals surface area (Å²) in [5, 5.41) is 9.54. The van der Waals surface area contributed by atoms with Crippen molar-refractivity contribution in [2.24, 2.45) is 11.3 Å². The predicted molar refractivity (Wildman–Crippen MR) is 89.2 cm³/mol. The van der Waals surface area contributed by atoms with E-state index >= 15 is 0 Å². The van der Waals surface area contributed by atoms with Gasteiger partial charge in [0.15, 0.2) is 5.79 Å². The molecule has 0 aromatic carbocycles. The minimum atomic E-state index is -0.451. The molecule has 0 bridgehead atoms. The molecule has 1 aliphatic heterocycles. The molecule has 5 nitrogen and oxygen atoms in total. The third-order valence-electron chi connectivity index (χ3n) is 5.20. The van der Waals surface area contributed by atoms with Gasteiger partial charge in [-0.05, 0) is 31.1 Å². The molecule has 0 amide bonds. The molecule has 1 heterocycles. The maximum Gasteiger partial charge on any atom is 0.168 e. The van der Waals surface area contributed by atoms with Crippen molar-refractivity contribution >= 4 is 6.29 Å². The van der Waals surface area contributed by atoms with Gasteiger partial charge in [0, 0.05) is 25.9 Å². The Balaban J connectivity index is 1.85. The van der Waals surface area contributed by atoms with Gasteiger partial charge < -0.3 is 19.4 Å². The van der Waals surface area contributed by atoms with Crippen LogP contribution in [0.5, 0.6) is 0 Å². The van der Waals surface area contributed by atoms with Crippen molar-refractivity contribution in [1.29, 1.82) is 0 Å². The molecule has 2 unspecified atom stereocenters. The molecular formula is C18H33NO4. The summed E-state index contributed by atoms with van der Waals surface area (Å²) in [7, 11) is 0. The number of ether oxygens (including phenoxy) is 2. The molecule has 1 aliphatic carbocycles. The van der Waals surface area contributed by atoms with E-state index in [9.17, 15) is 9.90 Å². The fourth-order valence-corrected chi connectivity index (χ4v) is 3.88. The van der Waals surface area contributed by atoms with Crippen LogP contribution in [-0.4, -0.2) is 60.5 Å². The molecule has 5 heteroatoms. The fraction of sp³-hybridized carbons (Fsp3) is 0.944. The first-order valence-electron chi connectivity index (χ1n) is 8.90. The lowest BCUT2D eigenvalue weighted by atomic mass is 9.71. The third kappa shape index (κ3) is 5.24. The molecule has 1 spiro atoms. The first-order valence-corrected chi connectivity index (χ1v) is 8.90. The summed E-state index contributed by atoms with van der Waals surface area (Å²) in [6.07, 6.45) is 4.60. The highest BCUT2D eigenvalue weighted by atomic mass is 16.7. The van der Waals surface area contributed by atoms with E-state index in [0.29, 0.717) is 31.7 Å². The van der Waals surface area contributed by atoms with E-state index in [-0.39, 0.29) is 6.10 Å². The predicted octanol–water partition coefficient (Wildman–Crippen LogP) is 2.22. The third-order valence-corrected chi connectivity index (χ3v) is 5.20. The molecule has 2 fully saturated rings. The van der Waals surface area contributed by atoms with Crippen molar-refractivity contribution in [2.45, 2.75) is 71.4 Å². The van der Waals surface area contributed by atoms with Crippen LogP contribution in [-0.2, 0) is 14.3 Å². The smallest absolute Gasteiger partial charge is 0.168 e. The maximum atomic E-state index is 10.8. The lowest BCUT2D eigenvalue weighted by Crippen LogP contribution is -2.42. The molecule has 2 rings (SSSR count). The van der Waals surface area contributed by atoms with Gasteiger partial charge in [0.1, 0.15) is 6.29 Å². The minimum absolute atomic E-state index is 0.0140. The van der Waals surface area contributed by atoms with Crippen molar-refractivity contribution in [2.75, 3.05) is 26.2 Å². The number of hydrogen-bond donors (Lipinski definition) is 1. The Morgan fingerprint density at radius 3 is 2.52 bits per heavy atom. The monoisotopic (exact) mass is 327 g/mol. The Bertz CT molecular complexity index is 383. The van der Waals surface area contributed by atoms with Crippen molar-refractivity contribution < 1.29 is 19.4 Å². The Morgan fingerprint density at radius 1 is 1.35 bits per heavy atom. The Morgan fingerprint density at radius 2 is 2.00 bits per heavy atom. The lowest BCUT2D eigenvalue weighted by molar-refractivity contribution is -0.197. The number of hydrogen-bond acceptors (Lipinski definition) is 5. The topological polar surface area (TPSA) is 59.0 Å². The van der Waals surface area contributed by atoms with E-state index in [0.717, 1.165) is 37.9 Å². The van der Waals surface area contributed by atoms with Crippen LogP contribution < -0.4 is 0 Å². The van der Waals surface area contributed by atoms with Crippen LogP contribution in [0.3, 0.4) is 0 Å². The van der Waals surface area contributed by atoms with Crippen LogP contribution in [0.1, 0.15) is 53.4 Å². The van der Waals surface area contributed by atoms with Crippen molar-refractivity contribution in [3.05, 3.63) is 0 Å². The molecule has 0 aromatic rings. The summed E-state index contributed by atoms with van der Waals surface area (Å²) in [6.45, 7) is 10.7. The molecule has 0 radical (unpaired) electrons. The molecule has 2 atom stereocenters. The van der Waals surface area contributed by atoms with Crippen LogP contribution >= 0.6 is 0 Å². The average molecular weight is 327 g/mol. The normalized spacial score (nSPS) is 33.3. The zero-order valence-corrected chi connectivity index (χ0v) is 15.1. The second-order valence-electron chi connectivity index (χ2n) is 8.34. The van der Waals surface area contributed by atoms with Crippen LogP contribution in [0, 0.1) is 11.3 Å². The zero-order chi connectivity index (χ0) is 17.1. The number of aldehydes is 1.